The van der Waals surface area contributed by atoms with Crippen molar-refractivity contribution < 1.29 is 9.47 Å². The Balaban J connectivity index is 2.38. The van der Waals surface area contributed by atoms with Crippen molar-refractivity contribution in [2.75, 3.05) is 13.7 Å². The summed E-state index contributed by atoms with van der Waals surface area (Å²) >= 11 is 12.5. The number of hydrogen-bond acceptors (Lipinski definition) is 3. The molecule has 2 aromatic carbocycles. The smallest absolute Gasteiger partial charge is 0.139 e. The third-order valence-electron chi connectivity index (χ3n) is 3.14. The number of methoxy groups -OCH3 is 1. The number of nitrogens with two attached hydrogens (primary N) is 1. The number of halogens is 2. The Morgan fingerprint density at radius 1 is 1.14 bits per heavy atom. The van der Waals surface area contributed by atoms with Crippen LogP contribution >= 0.6 is 23.2 Å². The van der Waals surface area contributed by atoms with Gasteiger partial charge < -0.3 is 15.2 Å². The molecule has 5 heteroatoms. The molecule has 1 unspecified atom stereocenters. The number of rotatable bonds is 5. The highest BCUT2D eigenvalue weighted by atomic mass is 35.5. The van der Waals surface area contributed by atoms with Gasteiger partial charge in [-0.3, -0.25) is 0 Å². The fourth-order valence-electron chi connectivity index (χ4n) is 2.06. The molecule has 0 amide bonds. The van der Waals surface area contributed by atoms with Crippen molar-refractivity contribution in [3.63, 3.8) is 0 Å². The zero-order valence-electron chi connectivity index (χ0n) is 11.9. The largest absolute Gasteiger partial charge is 0.497 e. The molecule has 0 saturated carbocycles. The quantitative estimate of drug-likeness (QED) is 0.883. The Kier molecular flexibility index (Phi) is 5.34. The summed E-state index contributed by atoms with van der Waals surface area (Å²) in [5.41, 5.74) is 7.94. The summed E-state index contributed by atoms with van der Waals surface area (Å²) in [6, 6.07) is 10.6. The summed E-state index contributed by atoms with van der Waals surface area (Å²) in [6.45, 7) is 2.41. The van der Waals surface area contributed by atoms with Gasteiger partial charge in [-0.1, -0.05) is 35.3 Å². The van der Waals surface area contributed by atoms with Crippen LogP contribution in [0.15, 0.2) is 36.4 Å². The highest BCUT2D eigenvalue weighted by molar-refractivity contribution is 6.34. The van der Waals surface area contributed by atoms with Crippen molar-refractivity contribution in [2.24, 2.45) is 5.73 Å². The molecule has 0 fully saturated rings. The van der Waals surface area contributed by atoms with E-state index in [-0.39, 0.29) is 6.04 Å². The van der Waals surface area contributed by atoms with Crippen LogP contribution in [0.2, 0.25) is 10.0 Å². The molecule has 0 spiro atoms. The summed E-state index contributed by atoms with van der Waals surface area (Å²) in [4.78, 5) is 0. The van der Waals surface area contributed by atoms with Gasteiger partial charge in [0.25, 0.3) is 0 Å². The van der Waals surface area contributed by atoms with Gasteiger partial charge in [-0.15, -0.1) is 0 Å². The zero-order valence-corrected chi connectivity index (χ0v) is 13.4. The highest BCUT2D eigenvalue weighted by Crippen LogP contribution is 2.36. The van der Waals surface area contributed by atoms with E-state index < -0.39 is 0 Å². The lowest BCUT2D eigenvalue weighted by Gasteiger charge is -2.17. The van der Waals surface area contributed by atoms with Gasteiger partial charge in [0.05, 0.1) is 24.8 Å². The molecule has 0 bridgehead atoms. The minimum Gasteiger partial charge on any atom is -0.497 e. The number of ether oxygens (including phenoxy) is 2. The second-order valence-corrected chi connectivity index (χ2v) is 5.31. The first-order chi connectivity index (χ1) is 10.1. The van der Waals surface area contributed by atoms with Gasteiger partial charge in [0.15, 0.2) is 0 Å². The third-order valence-corrected chi connectivity index (χ3v) is 3.76. The van der Waals surface area contributed by atoms with E-state index in [2.05, 4.69) is 0 Å². The molecule has 0 aliphatic heterocycles. The van der Waals surface area contributed by atoms with Gasteiger partial charge in [0.1, 0.15) is 11.5 Å². The standard InChI is InChI=1S/C16H17Cl2NO2/c1-3-21-15-9-13(17)12(8-14(15)18)16(19)10-5-4-6-11(7-10)20-2/h4-9,16H,3,19H2,1-2H3. The molecular weight excluding hydrogens is 309 g/mol. The fourth-order valence-corrected chi connectivity index (χ4v) is 2.56. The Labute approximate surface area is 134 Å². The topological polar surface area (TPSA) is 44.5 Å². The molecule has 2 rings (SSSR count). The van der Waals surface area contributed by atoms with Gasteiger partial charge in [-0.25, -0.2) is 0 Å². The summed E-state index contributed by atoms with van der Waals surface area (Å²) in [7, 11) is 1.62. The van der Waals surface area contributed by atoms with E-state index >= 15 is 0 Å². The first-order valence-corrected chi connectivity index (χ1v) is 7.33. The van der Waals surface area contributed by atoms with Gasteiger partial charge in [-0.2, -0.15) is 0 Å². The minimum atomic E-state index is -0.388. The highest BCUT2D eigenvalue weighted by Gasteiger charge is 2.16. The predicted octanol–water partition coefficient (Wildman–Crippen LogP) is 4.45. The van der Waals surface area contributed by atoms with Crippen LogP contribution < -0.4 is 15.2 Å². The average molecular weight is 326 g/mol. The normalized spacial score (nSPS) is 12.0. The maximum absolute atomic E-state index is 6.31. The summed E-state index contributed by atoms with van der Waals surface area (Å²) < 4.78 is 10.6. The minimum absolute atomic E-state index is 0.388. The van der Waals surface area contributed by atoms with E-state index in [1.807, 2.05) is 31.2 Å². The van der Waals surface area contributed by atoms with Gasteiger partial charge in [0, 0.05) is 11.1 Å². The molecule has 3 nitrogen and oxygen atoms in total. The van der Waals surface area contributed by atoms with Crippen molar-refractivity contribution in [3.05, 3.63) is 57.6 Å². The monoisotopic (exact) mass is 325 g/mol. The van der Waals surface area contributed by atoms with Crippen LogP contribution in [-0.4, -0.2) is 13.7 Å². The second-order valence-electron chi connectivity index (χ2n) is 4.49. The van der Waals surface area contributed by atoms with Gasteiger partial charge in [0.2, 0.25) is 0 Å². The summed E-state index contributed by atoms with van der Waals surface area (Å²) in [5.74, 6) is 1.31. The molecule has 0 radical (unpaired) electrons. The molecule has 112 valence electrons. The van der Waals surface area contributed by atoms with E-state index in [4.69, 9.17) is 38.4 Å². The number of hydrogen-bond donors (Lipinski definition) is 1. The van der Waals surface area contributed by atoms with Crippen molar-refractivity contribution >= 4 is 23.2 Å². The van der Waals surface area contributed by atoms with E-state index in [9.17, 15) is 0 Å². The second kappa shape index (κ2) is 7.03. The first kappa shape index (κ1) is 16.0. The van der Waals surface area contributed by atoms with Crippen LogP contribution in [0.25, 0.3) is 0 Å². The Morgan fingerprint density at radius 3 is 2.57 bits per heavy atom. The third kappa shape index (κ3) is 3.62. The van der Waals surface area contributed by atoms with Crippen molar-refractivity contribution in [1.29, 1.82) is 0 Å². The molecule has 0 heterocycles. The van der Waals surface area contributed by atoms with Crippen molar-refractivity contribution in [3.8, 4) is 11.5 Å². The van der Waals surface area contributed by atoms with Gasteiger partial charge >= 0.3 is 0 Å². The number of benzene rings is 2. The van der Waals surface area contributed by atoms with Crippen LogP contribution in [0.1, 0.15) is 24.1 Å². The molecular formula is C16H17Cl2NO2. The molecule has 21 heavy (non-hydrogen) atoms. The lowest BCUT2D eigenvalue weighted by molar-refractivity contribution is 0.340. The Hall–Kier alpha value is -1.42. The van der Waals surface area contributed by atoms with Crippen LogP contribution in [-0.2, 0) is 0 Å². The molecule has 2 aromatic rings. The van der Waals surface area contributed by atoms with E-state index in [0.717, 1.165) is 16.9 Å². The van der Waals surface area contributed by atoms with E-state index in [0.29, 0.717) is 22.4 Å². The lowest BCUT2D eigenvalue weighted by Crippen LogP contribution is -2.12. The lowest BCUT2D eigenvalue weighted by atomic mass is 9.99. The SMILES string of the molecule is CCOc1cc(Cl)c(C(N)c2cccc(OC)c2)cc1Cl. The summed E-state index contributed by atoms with van der Waals surface area (Å²) in [5, 5.41) is 1.02. The maximum Gasteiger partial charge on any atom is 0.139 e. The van der Waals surface area contributed by atoms with Crippen molar-refractivity contribution in [1.82, 2.24) is 0 Å². The first-order valence-electron chi connectivity index (χ1n) is 6.58. The molecule has 0 aromatic heterocycles. The van der Waals surface area contributed by atoms with Gasteiger partial charge in [-0.05, 0) is 36.2 Å². The average Bonchev–Trinajstić information content (AvgIpc) is 2.50. The summed E-state index contributed by atoms with van der Waals surface area (Å²) in [6.07, 6.45) is 0. The van der Waals surface area contributed by atoms with E-state index in [1.165, 1.54) is 0 Å². The van der Waals surface area contributed by atoms with Crippen LogP contribution in [0.5, 0.6) is 11.5 Å². The van der Waals surface area contributed by atoms with Crippen molar-refractivity contribution in [2.45, 2.75) is 13.0 Å². The van der Waals surface area contributed by atoms with Crippen LogP contribution in [0.4, 0.5) is 0 Å². The Morgan fingerprint density at radius 2 is 1.90 bits per heavy atom. The van der Waals surface area contributed by atoms with Crippen LogP contribution in [0.3, 0.4) is 0 Å². The molecule has 2 N–H and O–H groups in total. The zero-order chi connectivity index (χ0) is 15.4. The predicted molar refractivity (Wildman–Crippen MR) is 86.7 cm³/mol. The Bertz CT molecular complexity index is 632. The van der Waals surface area contributed by atoms with E-state index in [1.54, 1.807) is 19.2 Å². The molecule has 1 atom stereocenters. The van der Waals surface area contributed by atoms with Crippen LogP contribution in [0, 0.1) is 0 Å². The molecule has 0 aliphatic rings. The molecule has 0 aliphatic carbocycles. The fraction of sp³-hybridized carbons (Fsp3) is 0.250. The maximum atomic E-state index is 6.31. The molecule has 0 saturated heterocycles.